The molecule has 0 aromatic heterocycles. The third-order valence-corrected chi connectivity index (χ3v) is 3.12. The van der Waals surface area contributed by atoms with E-state index in [1.165, 1.54) is 6.07 Å². The van der Waals surface area contributed by atoms with Crippen LogP contribution in [0.3, 0.4) is 0 Å². The van der Waals surface area contributed by atoms with Crippen molar-refractivity contribution in [2.45, 2.75) is 25.8 Å². The van der Waals surface area contributed by atoms with Crippen molar-refractivity contribution in [3.63, 3.8) is 0 Å². The second kappa shape index (κ2) is 5.61. The summed E-state index contributed by atoms with van der Waals surface area (Å²) in [6, 6.07) is 7.20. The van der Waals surface area contributed by atoms with Crippen molar-refractivity contribution in [1.29, 1.82) is 5.26 Å². The number of rotatable bonds is 5. The van der Waals surface area contributed by atoms with Crippen molar-refractivity contribution in [2.75, 3.05) is 18.9 Å². The van der Waals surface area contributed by atoms with Gasteiger partial charge >= 0.3 is 0 Å². The Balaban J connectivity index is 1.98. The van der Waals surface area contributed by atoms with E-state index >= 15 is 0 Å². The summed E-state index contributed by atoms with van der Waals surface area (Å²) in [4.78, 5) is 13.8. The van der Waals surface area contributed by atoms with E-state index in [1.807, 2.05) is 17.9 Å². The van der Waals surface area contributed by atoms with Crippen LogP contribution in [0.1, 0.15) is 25.3 Å². The third-order valence-electron chi connectivity index (χ3n) is 3.12. The van der Waals surface area contributed by atoms with Gasteiger partial charge in [0, 0.05) is 18.3 Å². The first-order valence-corrected chi connectivity index (χ1v) is 6.37. The molecule has 0 bridgehead atoms. The Morgan fingerprint density at radius 3 is 2.89 bits per heavy atom. The lowest BCUT2D eigenvalue weighted by atomic mass is 10.2. The smallest absolute Gasteiger partial charge is 0.260 e. The quantitative estimate of drug-likeness (QED) is 0.813. The Labute approximate surface area is 112 Å². The zero-order valence-corrected chi connectivity index (χ0v) is 10.9. The Kier molecular flexibility index (Phi) is 3.91. The topological polar surface area (TPSA) is 79.3 Å². The zero-order chi connectivity index (χ0) is 13.8. The van der Waals surface area contributed by atoms with Gasteiger partial charge in [-0.05, 0) is 38.0 Å². The van der Waals surface area contributed by atoms with Crippen molar-refractivity contribution in [1.82, 2.24) is 4.90 Å². The maximum Gasteiger partial charge on any atom is 0.260 e. The summed E-state index contributed by atoms with van der Waals surface area (Å²) in [5.74, 6) is 0.364. The number of carbonyl (C=O) groups excluding carboxylic acids is 1. The largest absolute Gasteiger partial charge is 0.482 e. The summed E-state index contributed by atoms with van der Waals surface area (Å²) in [7, 11) is 0. The van der Waals surface area contributed by atoms with Crippen LogP contribution in [0.15, 0.2) is 18.2 Å². The molecule has 2 N–H and O–H groups in total. The van der Waals surface area contributed by atoms with Crippen molar-refractivity contribution in [3.8, 4) is 11.8 Å². The first-order valence-electron chi connectivity index (χ1n) is 6.37. The van der Waals surface area contributed by atoms with Crippen molar-refractivity contribution < 1.29 is 9.53 Å². The van der Waals surface area contributed by atoms with Gasteiger partial charge in [0.2, 0.25) is 0 Å². The highest BCUT2D eigenvalue weighted by atomic mass is 16.5. The lowest BCUT2D eigenvalue weighted by molar-refractivity contribution is -0.133. The van der Waals surface area contributed by atoms with Gasteiger partial charge in [-0.2, -0.15) is 5.26 Å². The second-order valence-corrected chi connectivity index (χ2v) is 4.57. The highest BCUT2D eigenvalue weighted by molar-refractivity contribution is 5.78. The maximum absolute atomic E-state index is 12.0. The van der Waals surface area contributed by atoms with E-state index in [-0.39, 0.29) is 12.5 Å². The SMILES string of the molecule is CCN(C(=O)COc1ccc(N)cc1C#N)C1CC1. The van der Waals surface area contributed by atoms with Crippen LogP contribution in [0.2, 0.25) is 0 Å². The minimum absolute atomic E-state index is 0.0364. The molecule has 1 fully saturated rings. The molecular weight excluding hydrogens is 242 g/mol. The predicted molar refractivity (Wildman–Crippen MR) is 71.5 cm³/mol. The van der Waals surface area contributed by atoms with Crippen molar-refractivity contribution in [3.05, 3.63) is 23.8 Å². The maximum atomic E-state index is 12.0. The van der Waals surface area contributed by atoms with Crippen LogP contribution in [0, 0.1) is 11.3 Å². The number of nitrogens with two attached hydrogens (primary N) is 1. The summed E-state index contributed by atoms with van der Waals surface area (Å²) < 4.78 is 5.44. The zero-order valence-electron chi connectivity index (χ0n) is 10.9. The lowest BCUT2D eigenvalue weighted by Gasteiger charge is -2.20. The minimum Gasteiger partial charge on any atom is -0.482 e. The molecule has 0 heterocycles. The van der Waals surface area contributed by atoms with Crippen LogP contribution in [-0.2, 0) is 4.79 Å². The molecule has 100 valence electrons. The first kappa shape index (κ1) is 13.2. The number of likely N-dealkylation sites (N-methyl/N-ethyl adjacent to an activating group) is 1. The number of nitriles is 1. The molecule has 0 spiro atoms. The molecule has 0 saturated heterocycles. The molecular formula is C14H17N3O2. The van der Waals surface area contributed by atoms with Crippen molar-refractivity contribution in [2.24, 2.45) is 0 Å². The molecule has 0 radical (unpaired) electrons. The monoisotopic (exact) mass is 259 g/mol. The number of amides is 1. The fraction of sp³-hybridized carbons (Fsp3) is 0.429. The molecule has 0 aliphatic heterocycles. The lowest BCUT2D eigenvalue weighted by Crippen LogP contribution is -2.36. The van der Waals surface area contributed by atoms with Gasteiger partial charge in [-0.15, -0.1) is 0 Å². The average molecular weight is 259 g/mol. The predicted octanol–water partition coefficient (Wildman–Crippen LogP) is 1.53. The van der Waals surface area contributed by atoms with Crippen LogP contribution in [0.25, 0.3) is 0 Å². The van der Waals surface area contributed by atoms with E-state index in [4.69, 9.17) is 15.7 Å². The molecule has 1 aliphatic carbocycles. The molecule has 5 nitrogen and oxygen atoms in total. The second-order valence-electron chi connectivity index (χ2n) is 4.57. The van der Waals surface area contributed by atoms with Gasteiger partial charge in [-0.3, -0.25) is 4.79 Å². The highest BCUT2D eigenvalue weighted by Gasteiger charge is 2.31. The summed E-state index contributed by atoms with van der Waals surface area (Å²) >= 11 is 0. The Morgan fingerprint density at radius 1 is 1.58 bits per heavy atom. The Morgan fingerprint density at radius 2 is 2.32 bits per heavy atom. The van der Waals surface area contributed by atoms with Gasteiger partial charge < -0.3 is 15.4 Å². The van der Waals surface area contributed by atoms with E-state index in [0.717, 1.165) is 12.8 Å². The van der Waals surface area contributed by atoms with E-state index in [0.29, 0.717) is 29.6 Å². The molecule has 1 aromatic rings. The minimum atomic E-state index is -0.0388. The number of hydrogen-bond donors (Lipinski definition) is 1. The summed E-state index contributed by atoms with van der Waals surface area (Å²) in [6.07, 6.45) is 2.15. The van der Waals surface area contributed by atoms with E-state index in [9.17, 15) is 4.79 Å². The van der Waals surface area contributed by atoms with Gasteiger partial charge in [-0.25, -0.2) is 0 Å². The van der Waals surface area contributed by atoms with Crippen LogP contribution < -0.4 is 10.5 Å². The number of nitrogen functional groups attached to an aromatic ring is 1. The van der Waals surface area contributed by atoms with Crippen LogP contribution in [0.5, 0.6) is 5.75 Å². The fourth-order valence-electron chi connectivity index (χ4n) is 2.01. The summed E-state index contributed by atoms with van der Waals surface area (Å²) in [6.45, 7) is 2.61. The van der Waals surface area contributed by atoms with Gasteiger partial charge in [0.1, 0.15) is 11.8 Å². The standard InChI is InChI=1S/C14H17N3O2/c1-2-17(12-4-5-12)14(18)9-19-13-6-3-11(16)7-10(13)8-15/h3,6-7,12H,2,4-5,9,16H2,1H3. The van der Waals surface area contributed by atoms with Crippen LogP contribution >= 0.6 is 0 Å². The summed E-state index contributed by atoms with van der Waals surface area (Å²) in [5, 5.41) is 8.98. The molecule has 2 rings (SSSR count). The first-order chi connectivity index (χ1) is 9.15. The number of nitrogens with zero attached hydrogens (tertiary/aromatic N) is 2. The molecule has 0 unspecified atom stereocenters. The van der Waals surface area contributed by atoms with Gasteiger partial charge in [0.25, 0.3) is 5.91 Å². The molecule has 19 heavy (non-hydrogen) atoms. The van der Waals surface area contributed by atoms with Gasteiger partial charge in [0.15, 0.2) is 6.61 Å². The van der Waals surface area contributed by atoms with Gasteiger partial charge in [0.05, 0.1) is 5.56 Å². The van der Waals surface area contributed by atoms with E-state index in [1.54, 1.807) is 12.1 Å². The van der Waals surface area contributed by atoms with Crippen LogP contribution in [-0.4, -0.2) is 30.0 Å². The molecule has 0 atom stereocenters. The molecule has 1 aromatic carbocycles. The van der Waals surface area contributed by atoms with Gasteiger partial charge in [-0.1, -0.05) is 0 Å². The Hall–Kier alpha value is -2.22. The van der Waals surface area contributed by atoms with E-state index < -0.39 is 0 Å². The number of ether oxygens (including phenoxy) is 1. The molecule has 1 saturated carbocycles. The molecule has 1 amide bonds. The highest BCUT2D eigenvalue weighted by Crippen LogP contribution is 2.27. The van der Waals surface area contributed by atoms with E-state index in [2.05, 4.69) is 0 Å². The average Bonchev–Trinajstić information content (AvgIpc) is 3.22. The number of anilines is 1. The van der Waals surface area contributed by atoms with Crippen molar-refractivity contribution >= 4 is 11.6 Å². The Bertz CT molecular complexity index is 518. The molecule has 1 aliphatic rings. The number of benzene rings is 1. The number of carbonyl (C=O) groups is 1. The normalized spacial score (nSPS) is 13.7. The fourth-order valence-corrected chi connectivity index (χ4v) is 2.01. The summed E-state index contributed by atoms with van der Waals surface area (Å²) in [5.41, 5.74) is 6.45. The molecule has 5 heteroatoms. The van der Waals surface area contributed by atoms with Crippen LogP contribution in [0.4, 0.5) is 5.69 Å². The number of hydrogen-bond acceptors (Lipinski definition) is 4. The third kappa shape index (κ3) is 3.16.